The Morgan fingerprint density at radius 2 is 1.95 bits per heavy atom. The average Bonchev–Trinajstić information content (AvgIpc) is 3.22. The molecular weight excluding hydrogens is 238 g/mol. The highest BCUT2D eigenvalue weighted by atomic mass is 16.6. The summed E-state index contributed by atoms with van der Waals surface area (Å²) >= 11 is 0. The molecule has 0 aromatic heterocycles. The van der Waals surface area contributed by atoms with Gasteiger partial charge in [-0.25, -0.2) is 0 Å². The monoisotopic (exact) mass is 255 g/mol. The summed E-state index contributed by atoms with van der Waals surface area (Å²) in [5, 5.41) is 0. The van der Waals surface area contributed by atoms with Crippen molar-refractivity contribution >= 4 is 5.91 Å². The summed E-state index contributed by atoms with van der Waals surface area (Å²) in [7, 11) is 0. The second-order valence-corrected chi connectivity index (χ2v) is 5.69. The molecule has 2 unspecified atom stereocenters. The molecule has 0 bridgehead atoms. The second-order valence-electron chi connectivity index (χ2n) is 5.69. The molecule has 19 heavy (non-hydrogen) atoms. The summed E-state index contributed by atoms with van der Waals surface area (Å²) in [5.41, 5.74) is 0.805. The molecule has 0 N–H and O–H groups in total. The van der Waals surface area contributed by atoms with Gasteiger partial charge in [-0.3, -0.25) is 4.79 Å². The van der Waals surface area contributed by atoms with E-state index in [1.54, 1.807) is 0 Å². The van der Waals surface area contributed by atoms with Crippen molar-refractivity contribution in [3.63, 3.8) is 0 Å². The lowest BCUT2D eigenvalue weighted by atomic mass is 9.81. The highest BCUT2D eigenvalue weighted by Crippen LogP contribution is 2.47. The first kappa shape index (κ1) is 11.1. The molecule has 2 heterocycles. The molecule has 1 aliphatic carbocycles. The fraction of sp³-hybridized carbons (Fsp3) is 0.438. The minimum Gasteiger partial charge on any atom is -0.459 e. The quantitative estimate of drug-likeness (QED) is 0.773. The number of ether oxygens (including phenoxy) is 1. The van der Waals surface area contributed by atoms with Gasteiger partial charge in [0.2, 0.25) is 0 Å². The van der Waals surface area contributed by atoms with Crippen molar-refractivity contribution in [3.05, 3.63) is 47.4 Å². The summed E-state index contributed by atoms with van der Waals surface area (Å²) in [6.07, 6.45) is 4.31. The number of hydrogen-bond acceptors (Lipinski definition) is 2. The average molecular weight is 255 g/mol. The second kappa shape index (κ2) is 4.12. The molecule has 1 saturated heterocycles. The lowest BCUT2D eigenvalue weighted by Gasteiger charge is -2.41. The first-order valence-corrected chi connectivity index (χ1v) is 7.09. The zero-order valence-electron chi connectivity index (χ0n) is 10.8. The topological polar surface area (TPSA) is 32.8 Å². The number of nitrogens with zero attached hydrogens (tertiary/aromatic N) is 1. The SMILES string of the molecule is O=C(c1ccccc1)N1CCCC2CC3=C(CC21)O3. The third kappa shape index (κ3) is 1.84. The predicted molar refractivity (Wildman–Crippen MR) is 71.3 cm³/mol. The summed E-state index contributed by atoms with van der Waals surface area (Å²) in [6.45, 7) is 0.886. The number of rotatable bonds is 1. The van der Waals surface area contributed by atoms with E-state index in [0.29, 0.717) is 12.0 Å². The molecular formula is C16H17NO2. The molecule has 3 heteroatoms. The number of hydrogen-bond donors (Lipinski definition) is 0. The molecule has 98 valence electrons. The number of carbonyl (C=O) groups is 1. The van der Waals surface area contributed by atoms with Crippen LogP contribution >= 0.6 is 0 Å². The van der Waals surface area contributed by atoms with Crippen LogP contribution in [0.5, 0.6) is 0 Å². The molecule has 1 fully saturated rings. The maximum atomic E-state index is 12.6. The molecule has 1 aromatic rings. The van der Waals surface area contributed by atoms with Gasteiger partial charge in [-0.1, -0.05) is 18.2 Å². The van der Waals surface area contributed by atoms with Crippen molar-refractivity contribution in [2.24, 2.45) is 5.92 Å². The third-order valence-corrected chi connectivity index (χ3v) is 4.56. The van der Waals surface area contributed by atoms with Crippen LogP contribution in [-0.2, 0) is 4.74 Å². The summed E-state index contributed by atoms with van der Waals surface area (Å²) < 4.78 is 5.50. The van der Waals surface area contributed by atoms with E-state index in [-0.39, 0.29) is 5.91 Å². The van der Waals surface area contributed by atoms with Crippen LogP contribution in [0.1, 0.15) is 36.0 Å². The lowest BCUT2D eigenvalue weighted by Crippen LogP contribution is -2.48. The number of amides is 1. The van der Waals surface area contributed by atoms with Crippen LogP contribution in [0.15, 0.2) is 41.9 Å². The Labute approximate surface area is 112 Å². The number of allylic oxidation sites excluding steroid dienone is 1. The largest absolute Gasteiger partial charge is 0.459 e. The fourth-order valence-corrected chi connectivity index (χ4v) is 3.51. The Morgan fingerprint density at radius 1 is 1.16 bits per heavy atom. The summed E-state index contributed by atoms with van der Waals surface area (Å²) in [4.78, 5) is 14.7. The first-order valence-electron chi connectivity index (χ1n) is 7.09. The van der Waals surface area contributed by atoms with Crippen molar-refractivity contribution < 1.29 is 9.53 Å². The number of likely N-dealkylation sites (tertiary alicyclic amines) is 1. The van der Waals surface area contributed by atoms with Gasteiger partial charge in [0.25, 0.3) is 5.91 Å². The van der Waals surface area contributed by atoms with Crippen LogP contribution in [0.25, 0.3) is 0 Å². The van der Waals surface area contributed by atoms with E-state index in [2.05, 4.69) is 4.90 Å². The van der Waals surface area contributed by atoms with E-state index in [1.807, 2.05) is 30.3 Å². The van der Waals surface area contributed by atoms with Gasteiger partial charge >= 0.3 is 0 Å². The van der Waals surface area contributed by atoms with E-state index >= 15 is 0 Å². The van der Waals surface area contributed by atoms with Crippen LogP contribution in [0, 0.1) is 5.92 Å². The van der Waals surface area contributed by atoms with Gasteiger partial charge < -0.3 is 9.64 Å². The minimum absolute atomic E-state index is 0.181. The van der Waals surface area contributed by atoms with Gasteiger partial charge in [-0.05, 0) is 30.9 Å². The number of benzene rings is 1. The Morgan fingerprint density at radius 3 is 2.79 bits per heavy atom. The molecule has 2 aliphatic heterocycles. The summed E-state index contributed by atoms with van der Waals surface area (Å²) in [5.74, 6) is 3.13. The number of carbonyl (C=O) groups excluding carboxylic acids is 1. The Hall–Kier alpha value is -1.77. The molecule has 2 atom stereocenters. The lowest BCUT2D eigenvalue weighted by molar-refractivity contribution is 0.0490. The molecule has 0 saturated carbocycles. The molecule has 3 aliphatic rings. The Bertz CT molecular complexity index is 549. The zero-order valence-corrected chi connectivity index (χ0v) is 10.8. The van der Waals surface area contributed by atoms with Gasteiger partial charge in [-0.2, -0.15) is 0 Å². The Kier molecular flexibility index (Phi) is 2.40. The van der Waals surface area contributed by atoms with E-state index in [1.165, 1.54) is 12.2 Å². The van der Waals surface area contributed by atoms with E-state index in [9.17, 15) is 4.79 Å². The molecule has 1 aromatic carbocycles. The van der Waals surface area contributed by atoms with Crippen LogP contribution in [0.4, 0.5) is 0 Å². The highest BCUT2D eigenvalue weighted by molar-refractivity contribution is 5.94. The van der Waals surface area contributed by atoms with Crippen LogP contribution < -0.4 is 0 Å². The van der Waals surface area contributed by atoms with E-state index in [0.717, 1.165) is 37.1 Å². The molecule has 0 radical (unpaired) electrons. The third-order valence-electron chi connectivity index (χ3n) is 4.56. The molecule has 4 rings (SSSR count). The van der Waals surface area contributed by atoms with E-state index < -0.39 is 0 Å². The summed E-state index contributed by atoms with van der Waals surface area (Å²) in [6, 6.07) is 9.98. The van der Waals surface area contributed by atoms with Crippen molar-refractivity contribution in [2.45, 2.75) is 31.7 Å². The number of piperidine rings is 1. The van der Waals surface area contributed by atoms with Crippen molar-refractivity contribution in [1.29, 1.82) is 0 Å². The van der Waals surface area contributed by atoms with Crippen LogP contribution in [0.2, 0.25) is 0 Å². The maximum absolute atomic E-state index is 12.6. The van der Waals surface area contributed by atoms with Crippen LogP contribution in [-0.4, -0.2) is 23.4 Å². The van der Waals surface area contributed by atoms with E-state index in [4.69, 9.17) is 4.74 Å². The fourth-order valence-electron chi connectivity index (χ4n) is 3.51. The normalized spacial score (nSPS) is 28.3. The van der Waals surface area contributed by atoms with Gasteiger partial charge in [0.15, 0.2) is 0 Å². The maximum Gasteiger partial charge on any atom is 0.254 e. The highest BCUT2D eigenvalue weighted by Gasteiger charge is 2.44. The predicted octanol–water partition coefficient (Wildman–Crippen LogP) is 2.94. The standard InChI is InChI=1S/C16H17NO2/c18-16(11-5-2-1-3-6-11)17-8-4-7-12-9-14-15(19-14)10-13(12)17/h1-3,5-6,12-13H,4,7-10H2. The zero-order chi connectivity index (χ0) is 12.8. The van der Waals surface area contributed by atoms with Gasteiger partial charge in [0.1, 0.15) is 11.5 Å². The van der Waals surface area contributed by atoms with Crippen LogP contribution in [0.3, 0.4) is 0 Å². The van der Waals surface area contributed by atoms with Crippen molar-refractivity contribution in [2.75, 3.05) is 6.54 Å². The molecule has 1 amide bonds. The molecule has 3 nitrogen and oxygen atoms in total. The minimum atomic E-state index is 0.181. The van der Waals surface area contributed by atoms with Gasteiger partial charge in [0.05, 0.1) is 0 Å². The van der Waals surface area contributed by atoms with Crippen molar-refractivity contribution in [3.8, 4) is 0 Å². The van der Waals surface area contributed by atoms with Gasteiger partial charge in [0, 0.05) is 31.0 Å². The van der Waals surface area contributed by atoms with Gasteiger partial charge in [-0.15, -0.1) is 0 Å². The Balaban J connectivity index is 1.60. The van der Waals surface area contributed by atoms with Crippen molar-refractivity contribution in [1.82, 2.24) is 4.90 Å². The number of fused-ring (bicyclic) bond motifs is 1. The molecule has 0 spiro atoms. The smallest absolute Gasteiger partial charge is 0.254 e. The first-order chi connectivity index (χ1) is 9.33.